The van der Waals surface area contributed by atoms with Crippen molar-refractivity contribution in [1.29, 1.82) is 0 Å². The lowest BCUT2D eigenvalue weighted by atomic mass is 10.2. The Morgan fingerprint density at radius 2 is 1.70 bits per heavy atom. The summed E-state index contributed by atoms with van der Waals surface area (Å²) in [6, 6.07) is 12.2. The summed E-state index contributed by atoms with van der Waals surface area (Å²) in [7, 11) is 3.13. The van der Waals surface area contributed by atoms with Gasteiger partial charge in [-0.3, -0.25) is 4.79 Å². The van der Waals surface area contributed by atoms with Crippen LogP contribution in [0.2, 0.25) is 5.02 Å². The van der Waals surface area contributed by atoms with Gasteiger partial charge in [-0.25, -0.2) is 9.97 Å². The molecule has 3 aromatic rings. The number of carbonyl (C=O) groups excluding carboxylic acids is 1. The number of anilines is 3. The first-order valence-corrected chi connectivity index (χ1v) is 8.35. The average Bonchev–Trinajstić information content (AvgIpc) is 2.68. The maximum atomic E-state index is 12.3. The number of amides is 1. The van der Waals surface area contributed by atoms with Crippen LogP contribution < -0.4 is 20.1 Å². The molecule has 27 heavy (non-hydrogen) atoms. The lowest BCUT2D eigenvalue weighted by Gasteiger charge is -2.10. The van der Waals surface area contributed by atoms with E-state index in [9.17, 15) is 4.79 Å². The Hall–Kier alpha value is -3.32. The van der Waals surface area contributed by atoms with Crippen LogP contribution in [0, 0.1) is 0 Å². The highest BCUT2D eigenvalue weighted by Gasteiger charge is 2.09. The van der Waals surface area contributed by atoms with Crippen molar-refractivity contribution in [2.24, 2.45) is 0 Å². The fourth-order valence-electron chi connectivity index (χ4n) is 2.32. The molecule has 1 amide bonds. The fourth-order valence-corrected chi connectivity index (χ4v) is 2.51. The lowest BCUT2D eigenvalue weighted by Crippen LogP contribution is -2.13. The molecular formula is C19H17ClN4O3. The summed E-state index contributed by atoms with van der Waals surface area (Å²) in [6.45, 7) is 0. The summed E-state index contributed by atoms with van der Waals surface area (Å²) >= 11 is 5.91. The van der Waals surface area contributed by atoms with E-state index in [1.807, 2.05) is 6.07 Å². The first kappa shape index (κ1) is 18.5. The standard InChI is InChI=1S/C19H17ClN4O3/c1-26-16-7-6-15(9-17(16)27-2)24-19-21-10-12(11-22-19)18(25)23-14-5-3-4-13(20)8-14/h3-11H,1-2H3,(H,23,25)(H,21,22,24). The van der Waals surface area contributed by atoms with Gasteiger partial charge in [0.1, 0.15) is 0 Å². The predicted molar refractivity (Wildman–Crippen MR) is 104 cm³/mol. The van der Waals surface area contributed by atoms with Crippen molar-refractivity contribution >= 4 is 34.8 Å². The van der Waals surface area contributed by atoms with Crippen LogP contribution in [0.25, 0.3) is 0 Å². The highest BCUT2D eigenvalue weighted by atomic mass is 35.5. The second-order valence-electron chi connectivity index (χ2n) is 5.45. The highest BCUT2D eigenvalue weighted by Crippen LogP contribution is 2.30. The monoisotopic (exact) mass is 384 g/mol. The quantitative estimate of drug-likeness (QED) is 0.664. The molecule has 0 saturated carbocycles. The summed E-state index contributed by atoms with van der Waals surface area (Å²) in [6.07, 6.45) is 2.88. The van der Waals surface area contributed by atoms with Gasteiger partial charge in [-0.05, 0) is 30.3 Å². The summed E-state index contributed by atoms with van der Waals surface area (Å²) in [5.74, 6) is 1.23. The number of hydrogen-bond acceptors (Lipinski definition) is 6. The summed E-state index contributed by atoms with van der Waals surface area (Å²) < 4.78 is 10.5. The van der Waals surface area contributed by atoms with Gasteiger partial charge in [0.25, 0.3) is 5.91 Å². The Labute approximate surface area is 161 Å². The Bertz CT molecular complexity index is 948. The number of rotatable bonds is 6. The number of benzene rings is 2. The van der Waals surface area contributed by atoms with Crippen molar-refractivity contribution in [1.82, 2.24) is 9.97 Å². The normalized spacial score (nSPS) is 10.2. The van der Waals surface area contributed by atoms with Crippen molar-refractivity contribution in [3.05, 3.63) is 65.4 Å². The SMILES string of the molecule is COc1ccc(Nc2ncc(C(=O)Nc3cccc(Cl)c3)cn2)cc1OC. The van der Waals surface area contributed by atoms with Crippen LogP contribution in [0.4, 0.5) is 17.3 Å². The molecule has 0 radical (unpaired) electrons. The zero-order valence-corrected chi connectivity index (χ0v) is 15.4. The van der Waals surface area contributed by atoms with Gasteiger partial charge in [-0.15, -0.1) is 0 Å². The van der Waals surface area contributed by atoms with Gasteiger partial charge >= 0.3 is 0 Å². The highest BCUT2D eigenvalue weighted by molar-refractivity contribution is 6.30. The number of methoxy groups -OCH3 is 2. The summed E-state index contributed by atoms with van der Waals surface area (Å²) in [5, 5.41) is 6.33. The molecular weight excluding hydrogens is 368 g/mol. The molecule has 0 unspecified atom stereocenters. The second kappa shape index (κ2) is 8.37. The number of carbonyl (C=O) groups is 1. The summed E-state index contributed by atoms with van der Waals surface area (Å²) in [5.41, 5.74) is 1.65. The molecule has 1 aromatic heterocycles. The molecule has 0 bridgehead atoms. The topological polar surface area (TPSA) is 85.4 Å². The van der Waals surface area contributed by atoms with Gasteiger partial charge in [-0.1, -0.05) is 17.7 Å². The smallest absolute Gasteiger partial charge is 0.258 e. The van der Waals surface area contributed by atoms with E-state index in [4.69, 9.17) is 21.1 Å². The molecule has 7 nitrogen and oxygen atoms in total. The van der Waals surface area contributed by atoms with Crippen LogP contribution in [0.3, 0.4) is 0 Å². The maximum absolute atomic E-state index is 12.3. The Balaban J connectivity index is 1.69. The van der Waals surface area contributed by atoms with Gasteiger partial charge < -0.3 is 20.1 Å². The van der Waals surface area contributed by atoms with Gasteiger partial charge in [0, 0.05) is 34.9 Å². The maximum Gasteiger partial charge on any atom is 0.258 e. The van der Waals surface area contributed by atoms with Crippen LogP contribution in [0.15, 0.2) is 54.9 Å². The summed E-state index contributed by atoms with van der Waals surface area (Å²) in [4.78, 5) is 20.6. The van der Waals surface area contributed by atoms with Crippen LogP contribution in [-0.4, -0.2) is 30.1 Å². The zero-order chi connectivity index (χ0) is 19.2. The van der Waals surface area contributed by atoms with E-state index >= 15 is 0 Å². The van der Waals surface area contributed by atoms with E-state index in [1.165, 1.54) is 12.4 Å². The minimum Gasteiger partial charge on any atom is -0.493 e. The fraction of sp³-hybridized carbons (Fsp3) is 0.105. The molecule has 0 aliphatic carbocycles. The van der Waals surface area contributed by atoms with E-state index in [2.05, 4.69) is 20.6 Å². The first-order valence-electron chi connectivity index (χ1n) is 7.97. The van der Waals surface area contributed by atoms with Crippen LogP contribution in [0.5, 0.6) is 11.5 Å². The van der Waals surface area contributed by atoms with E-state index in [1.54, 1.807) is 50.6 Å². The van der Waals surface area contributed by atoms with Gasteiger partial charge in [0.2, 0.25) is 5.95 Å². The second-order valence-corrected chi connectivity index (χ2v) is 5.89. The minimum absolute atomic E-state index is 0.324. The van der Waals surface area contributed by atoms with E-state index in [0.29, 0.717) is 33.7 Å². The van der Waals surface area contributed by atoms with Crippen LogP contribution in [-0.2, 0) is 0 Å². The van der Waals surface area contributed by atoms with E-state index in [-0.39, 0.29) is 5.91 Å². The van der Waals surface area contributed by atoms with Crippen LogP contribution >= 0.6 is 11.6 Å². The van der Waals surface area contributed by atoms with Crippen molar-refractivity contribution in [2.75, 3.05) is 24.9 Å². The third-order valence-electron chi connectivity index (χ3n) is 3.64. The van der Waals surface area contributed by atoms with Crippen molar-refractivity contribution in [2.45, 2.75) is 0 Å². The van der Waals surface area contributed by atoms with E-state index in [0.717, 1.165) is 5.69 Å². The number of halogens is 1. The van der Waals surface area contributed by atoms with Crippen molar-refractivity contribution in [3.63, 3.8) is 0 Å². The lowest BCUT2D eigenvalue weighted by molar-refractivity contribution is 0.102. The van der Waals surface area contributed by atoms with Gasteiger partial charge in [0.15, 0.2) is 11.5 Å². The molecule has 1 heterocycles. The number of nitrogens with zero attached hydrogens (tertiary/aromatic N) is 2. The van der Waals surface area contributed by atoms with Gasteiger partial charge in [-0.2, -0.15) is 0 Å². The number of aromatic nitrogens is 2. The molecule has 2 aromatic carbocycles. The zero-order valence-electron chi connectivity index (χ0n) is 14.7. The number of nitrogens with one attached hydrogen (secondary N) is 2. The predicted octanol–water partition coefficient (Wildman–Crippen LogP) is 4.14. The number of hydrogen-bond donors (Lipinski definition) is 2. The third kappa shape index (κ3) is 4.65. The van der Waals surface area contributed by atoms with E-state index < -0.39 is 0 Å². The molecule has 0 atom stereocenters. The van der Waals surface area contributed by atoms with Crippen molar-refractivity contribution < 1.29 is 14.3 Å². The Morgan fingerprint density at radius 1 is 0.963 bits per heavy atom. The Morgan fingerprint density at radius 3 is 2.37 bits per heavy atom. The first-order chi connectivity index (χ1) is 13.1. The molecule has 8 heteroatoms. The molecule has 0 aliphatic rings. The molecule has 138 valence electrons. The third-order valence-corrected chi connectivity index (χ3v) is 3.87. The molecule has 0 fully saturated rings. The van der Waals surface area contributed by atoms with Crippen molar-refractivity contribution in [3.8, 4) is 11.5 Å². The van der Waals surface area contributed by atoms with Crippen LogP contribution in [0.1, 0.15) is 10.4 Å². The number of ether oxygens (including phenoxy) is 2. The molecule has 0 spiro atoms. The molecule has 2 N–H and O–H groups in total. The molecule has 0 saturated heterocycles. The average molecular weight is 385 g/mol. The molecule has 0 aliphatic heterocycles. The van der Waals surface area contributed by atoms with Gasteiger partial charge in [0.05, 0.1) is 19.8 Å². The molecule has 3 rings (SSSR count). The minimum atomic E-state index is -0.324. The largest absolute Gasteiger partial charge is 0.493 e. The Kier molecular flexibility index (Phi) is 5.73.